The van der Waals surface area contributed by atoms with Gasteiger partial charge in [0, 0.05) is 30.7 Å². The molecular weight excluding hydrogens is 476 g/mol. The second kappa shape index (κ2) is 11.4. The smallest absolute Gasteiger partial charge is 0.238 e. The van der Waals surface area contributed by atoms with Gasteiger partial charge in [0.1, 0.15) is 5.82 Å². The molecule has 0 atom stereocenters. The normalized spacial score (nSPS) is 11.7. The summed E-state index contributed by atoms with van der Waals surface area (Å²) in [6.45, 7) is 2.47. The maximum atomic E-state index is 11.5. The zero-order chi connectivity index (χ0) is 25.4. The standard InChI is InChI=1S/C25H26N8O2S/c1-18(20-7-9-22(10-8-20)36(26,34)35)32-33-24-17-23(28-16-13-19-11-14-27-15-12-19)30-25(31-24)29-21-5-3-2-4-6-21/h2-12,14-15,17H,13,16H2,1H3,(H2,26,34,35)(H3,28,29,30,31,33). The highest BCUT2D eigenvalue weighted by atomic mass is 32.2. The van der Waals surface area contributed by atoms with Crippen molar-refractivity contribution in [2.75, 3.05) is 22.6 Å². The third-order valence-corrected chi connectivity index (χ3v) is 6.09. The Hall–Kier alpha value is -4.35. The molecule has 36 heavy (non-hydrogen) atoms. The van der Waals surface area contributed by atoms with Gasteiger partial charge in [-0.25, -0.2) is 13.6 Å². The van der Waals surface area contributed by atoms with Crippen LogP contribution < -0.4 is 21.2 Å². The molecule has 2 aromatic carbocycles. The number of primary sulfonamides is 1. The van der Waals surface area contributed by atoms with Crippen molar-refractivity contribution >= 4 is 39.0 Å². The topological polar surface area (TPSA) is 147 Å². The fraction of sp³-hybridized carbons (Fsp3) is 0.120. The van der Waals surface area contributed by atoms with Crippen molar-refractivity contribution in [2.24, 2.45) is 10.2 Å². The summed E-state index contributed by atoms with van der Waals surface area (Å²) in [6.07, 6.45) is 4.35. The Morgan fingerprint density at radius 1 is 0.944 bits per heavy atom. The predicted molar refractivity (Wildman–Crippen MR) is 142 cm³/mol. The van der Waals surface area contributed by atoms with Gasteiger partial charge in [-0.2, -0.15) is 15.1 Å². The molecule has 184 valence electrons. The molecule has 0 amide bonds. The van der Waals surface area contributed by atoms with Gasteiger partial charge in [0.15, 0.2) is 5.82 Å². The molecule has 0 aliphatic carbocycles. The summed E-state index contributed by atoms with van der Waals surface area (Å²) >= 11 is 0. The number of benzene rings is 2. The molecule has 11 heteroatoms. The third-order valence-electron chi connectivity index (χ3n) is 5.16. The Balaban J connectivity index is 1.51. The van der Waals surface area contributed by atoms with Crippen molar-refractivity contribution < 1.29 is 8.42 Å². The van der Waals surface area contributed by atoms with Gasteiger partial charge in [0.25, 0.3) is 0 Å². The lowest BCUT2D eigenvalue weighted by molar-refractivity contribution is 0.598. The van der Waals surface area contributed by atoms with Crippen LogP contribution in [0.3, 0.4) is 0 Å². The van der Waals surface area contributed by atoms with Crippen LogP contribution >= 0.6 is 0 Å². The highest BCUT2D eigenvalue weighted by Crippen LogP contribution is 2.19. The Morgan fingerprint density at radius 3 is 2.33 bits per heavy atom. The molecule has 0 aliphatic heterocycles. The number of pyridine rings is 1. The molecule has 0 radical (unpaired) electrons. The van der Waals surface area contributed by atoms with Gasteiger partial charge in [-0.3, -0.25) is 10.4 Å². The van der Waals surface area contributed by atoms with Crippen LogP contribution in [0.1, 0.15) is 18.1 Å². The number of aromatic nitrogens is 3. The largest absolute Gasteiger partial charge is 0.370 e. The molecule has 5 N–H and O–H groups in total. The minimum atomic E-state index is -3.75. The number of nitrogens with one attached hydrogen (secondary N) is 3. The number of hydrazone groups is 1. The van der Waals surface area contributed by atoms with Gasteiger partial charge in [0.2, 0.25) is 16.0 Å². The number of rotatable bonds is 10. The SMILES string of the molecule is CC(=NNc1cc(NCCc2ccncc2)nc(Nc2ccccc2)n1)c1ccc(S(N)(=O)=O)cc1. The number of hydrogen-bond acceptors (Lipinski definition) is 9. The maximum Gasteiger partial charge on any atom is 0.238 e. The zero-order valence-electron chi connectivity index (χ0n) is 19.6. The summed E-state index contributed by atoms with van der Waals surface area (Å²) in [6, 6.07) is 21.5. The average Bonchev–Trinajstić information content (AvgIpc) is 2.88. The molecule has 0 spiro atoms. The average molecular weight is 503 g/mol. The lowest BCUT2D eigenvalue weighted by Gasteiger charge is -2.11. The van der Waals surface area contributed by atoms with Crippen LogP contribution in [0.5, 0.6) is 0 Å². The van der Waals surface area contributed by atoms with Crippen LogP contribution in [-0.2, 0) is 16.4 Å². The van der Waals surface area contributed by atoms with E-state index >= 15 is 0 Å². The van der Waals surface area contributed by atoms with E-state index < -0.39 is 10.0 Å². The van der Waals surface area contributed by atoms with Gasteiger partial charge in [-0.15, -0.1) is 0 Å². The van der Waals surface area contributed by atoms with Crippen molar-refractivity contribution in [3.63, 3.8) is 0 Å². The van der Waals surface area contributed by atoms with Crippen LogP contribution in [0.2, 0.25) is 0 Å². The van der Waals surface area contributed by atoms with Crippen LogP contribution in [0.4, 0.5) is 23.3 Å². The summed E-state index contributed by atoms with van der Waals surface area (Å²) in [5.41, 5.74) is 6.37. The maximum absolute atomic E-state index is 11.5. The zero-order valence-corrected chi connectivity index (χ0v) is 20.4. The van der Waals surface area contributed by atoms with Crippen LogP contribution in [0.15, 0.2) is 95.2 Å². The first-order valence-corrected chi connectivity index (χ1v) is 12.7. The molecule has 0 saturated carbocycles. The van der Waals surface area contributed by atoms with Gasteiger partial charge in [0.05, 0.1) is 10.6 Å². The number of nitrogens with two attached hydrogens (primary N) is 1. The van der Waals surface area contributed by atoms with Crippen LogP contribution in [-0.4, -0.2) is 35.6 Å². The van der Waals surface area contributed by atoms with E-state index in [1.54, 1.807) is 37.5 Å². The molecule has 0 aliphatic rings. The molecule has 2 aromatic heterocycles. The first kappa shape index (κ1) is 24.8. The first-order valence-electron chi connectivity index (χ1n) is 11.1. The second-order valence-corrected chi connectivity index (χ2v) is 9.43. The summed E-state index contributed by atoms with van der Waals surface area (Å²) in [7, 11) is -3.75. The summed E-state index contributed by atoms with van der Waals surface area (Å²) in [4.78, 5) is 13.2. The monoisotopic (exact) mass is 502 g/mol. The molecule has 0 bridgehead atoms. The summed E-state index contributed by atoms with van der Waals surface area (Å²) in [5, 5.41) is 16.1. The highest BCUT2D eigenvalue weighted by molar-refractivity contribution is 7.89. The van der Waals surface area contributed by atoms with Crippen molar-refractivity contribution in [2.45, 2.75) is 18.2 Å². The van der Waals surface area contributed by atoms with Crippen molar-refractivity contribution in [3.05, 3.63) is 96.3 Å². The Labute approximate surface area is 209 Å². The van der Waals surface area contributed by atoms with E-state index in [0.717, 1.165) is 17.7 Å². The highest BCUT2D eigenvalue weighted by Gasteiger charge is 2.09. The number of hydrogen-bond donors (Lipinski definition) is 4. The second-order valence-electron chi connectivity index (χ2n) is 7.86. The molecule has 4 aromatic rings. The summed E-state index contributed by atoms with van der Waals surface area (Å²) in [5.74, 6) is 1.52. The van der Waals surface area contributed by atoms with Gasteiger partial charge in [-0.05, 0) is 60.9 Å². The molecule has 0 unspecified atom stereocenters. The predicted octanol–water partition coefficient (Wildman–Crippen LogP) is 3.75. The van der Waals surface area contributed by atoms with Crippen molar-refractivity contribution in [1.82, 2.24) is 15.0 Å². The molecule has 0 saturated heterocycles. The van der Waals surface area contributed by atoms with Crippen LogP contribution in [0.25, 0.3) is 0 Å². The molecular formula is C25H26N8O2S. The quantitative estimate of drug-likeness (QED) is 0.189. The van der Waals surface area contributed by atoms with E-state index in [1.807, 2.05) is 42.5 Å². The molecule has 10 nitrogen and oxygen atoms in total. The number of nitrogens with zero attached hydrogens (tertiary/aromatic N) is 4. The fourth-order valence-corrected chi connectivity index (χ4v) is 3.79. The fourth-order valence-electron chi connectivity index (χ4n) is 3.28. The number of anilines is 4. The Kier molecular flexibility index (Phi) is 7.83. The van der Waals surface area contributed by atoms with E-state index in [-0.39, 0.29) is 4.90 Å². The van der Waals surface area contributed by atoms with E-state index in [0.29, 0.717) is 29.8 Å². The van der Waals surface area contributed by atoms with Crippen molar-refractivity contribution in [1.29, 1.82) is 0 Å². The molecule has 2 heterocycles. The lowest BCUT2D eigenvalue weighted by atomic mass is 10.1. The van der Waals surface area contributed by atoms with Gasteiger partial charge >= 0.3 is 0 Å². The minimum Gasteiger partial charge on any atom is -0.370 e. The molecule has 4 rings (SSSR count). The van der Waals surface area contributed by atoms with Gasteiger partial charge < -0.3 is 10.6 Å². The van der Waals surface area contributed by atoms with E-state index in [1.165, 1.54) is 17.7 Å². The first-order chi connectivity index (χ1) is 17.4. The van der Waals surface area contributed by atoms with Gasteiger partial charge in [-0.1, -0.05) is 30.3 Å². The van der Waals surface area contributed by atoms with Crippen molar-refractivity contribution in [3.8, 4) is 0 Å². The van der Waals surface area contributed by atoms with E-state index in [2.05, 4.69) is 36.1 Å². The Morgan fingerprint density at radius 2 is 1.64 bits per heavy atom. The molecule has 0 fully saturated rings. The summed E-state index contributed by atoms with van der Waals surface area (Å²) < 4.78 is 23.0. The third kappa shape index (κ3) is 7.08. The van der Waals surface area contributed by atoms with Crippen LogP contribution in [0, 0.1) is 0 Å². The number of para-hydroxylation sites is 1. The lowest BCUT2D eigenvalue weighted by Crippen LogP contribution is -2.12. The van der Waals surface area contributed by atoms with E-state index in [9.17, 15) is 8.42 Å². The number of sulfonamides is 1. The van der Waals surface area contributed by atoms with E-state index in [4.69, 9.17) is 5.14 Å². The Bertz CT molecular complexity index is 1430. The minimum absolute atomic E-state index is 0.0434.